The minimum Gasteiger partial charge on any atom is -0.481 e. The quantitative estimate of drug-likeness (QED) is 0.901. The van der Waals surface area contributed by atoms with E-state index in [0.717, 1.165) is 11.6 Å². The lowest BCUT2D eigenvalue weighted by atomic mass is 9.91. The van der Waals surface area contributed by atoms with Crippen molar-refractivity contribution in [1.82, 2.24) is 0 Å². The molecule has 1 atom stereocenters. The van der Waals surface area contributed by atoms with Crippen molar-refractivity contribution in [3.8, 4) is 11.1 Å². The number of carboxylic acid groups (broad SMARTS) is 1. The minimum absolute atomic E-state index is 0.226. The average molecular weight is 294 g/mol. The molecular weight excluding hydrogens is 281 g/mol. The maximum Gasteiger partial charge on any atom is 0.416 e. The van der Waals surface area contributed by atoms with Crippen LogP contribution in [-0.4, -0.2) is 11.1 Å². The summed E-state index contributed by atoms with van der Waals surface area (Å²) in [5, 5.41) is 9.02. The van der Waals surface area contributed by atoms with Crippen molar-refractivity contribution >= 4 is 5.97 Å². The molecule has 0 fully saturated rings. The van der Waals surface area contributed by atoms with Crippen LogP contribution in [0.4, 0.5) is 13.2 Å². The molecule has 0 radical (unpaired) electrons. The molecule has 2 aromatic rings. The first-order valence-corrected chi connectivity index (χ1v) is 6.30. The lowest BCUT2D eigenvalue weighted by Crippen LogP contribution is -2.15. The van der Waals surface area contributed by atoms with Gasteiger partial charge in [-0.2, -0.15) is 13.2 Å². The van der Waals surface area contributed by atoms with Gasteiger partial charge in [-0.15, -0.1) is 0 Å². The van der Waals surface area contributed by atoms with Crippen LogP contribution in [0.1, 0.15) is 24.0 Å². The van der Waals surface area contributed by atoms with E-state index in [1.165, 1.54) is 19.1 Å². The molecule has 0 heterocycles. The molecule has 2 nitrogen and oxygen atoms in total. The lowest BCUT2D eigenvalue weighted by Gasteiger charge is -2.17. The molecule has 0 saturated heterocycles. The Kier molecular flexibility index (Phi) is 4.02. The van der Waals surface area contributed by atoms with Crippen LogP contribution in [0.2, 0.25) is 0 Å². The summed E-state index contributed by atoms with van der Waals surface area (Å²) >= 11 is 0. The zero-order valence-electron chi connectivity index (χ0n) is 11.2. The van der Waals surface area contributed by atoms with Crippen LogP contribution in [0.3, 0.4) is 0 Å². The maximum absolute atomic E-state index is 13.0. The summed E-state index contributed by atoms with van der Waals surface area (Å²) in [5.74, 6) is -2.52. The largest absolute Gasteiger partial charge is 0.481 e. The zero-order chi connectivity index (χ0) is 15.6. The number of benzene rings is 2. The first-order chi connectivity index (χ1) is 9.80. The van der Waals surface area contributed by atoms with Crippen molar-refractivity contribution in [1.29, 1.82) is 0 Å². The highest BCUT2D eigenvalue weighted by atomic mass is 19.4. The molecule has 0 bridgehead atoms. The van der Waals surface area contributed by atoms with Crippen molar-refractivity contribution in [2.24, 2.45) is 0 Å². The van der Waals surface area contributed by atoms with Gasteiger partial charge in [-0.3, -0.25) is 4.79 Å². The van der Waals surface area contributed by atoms with Crippen LogP contribution in [0, 0.1) is 0 Å². The molecule has 1 unspecified atom stereocenters. The molecule has 5 heteroatoms. The van der Waals surface area contributed by atoms with Gasteiger partial charge >= 0.3 is 12.1 Å². The molecule has 0 aromatic heterocycles. The summed E-state index contributed by atoms with van der Waals surface area (Å²) in [6, 6.07) is 12.5. The highest BCUT2D eigenvalue weighted by Crippen LogP contribution is 2.37. The molecule has 2 aromatic carbocycles. The van der Waals surface area contributed by atoms with Gasteiger partial charge < -0.3 is 5.11 Å². The maximum atomic E-state index is 13.0. The van der Waals surface area contributed by atoms with Crippen LogP contribution < -0.4 is 0 Å². The number of carboxylic acids is 1. The van der Waals surface area contributed by atoms with Gasteiger partial charge in [-0.1, -0.05) is 36.4 Å². The van der Waals surface area contributed by atoms with Crippen molar-refractivity contribution < 1.29 is 23.1 Å². The third-order valence-electron chi connectivity index (χ3n) is 3.30. The highest BCUT2D eigenvalue weighted by molar-refractivity contribution is 5.77. The Hall–Kier alpha value is -2.30. The second-order valence-corrected chi connectivity index (χ2v) is 4.73. The molecule has 2 rings (SSSR count). The van der Waals surface area contributed by atoms with E-state index in [-0.39, 0.29) is 5.56 Å². The van der Waals surface area contributed by atoms with Gasteiger partial charge in [0.1, 0.15) is 0 Å². The predicted octanol–water partition coefficient (Wildman–Crippen LogP) is 4.56. The highest BCUT2D eigenvalue weighted by Gasteiger charge is 2.35. The molecule has 0 amide bonds. The van der Waals surface area contributed by atoms with Crippen molar-refractivity contribution in [3.63, 3.8) is 0 Å². The van der Waals surface area contributed by atoms with E-state index in [9.17, 15) is 18.0 Å². The molecule has 0 spiro atoms. The summed E-state index contributed by atoms with van der Waals surface area (Å²) in [5.41, 5.74) is 0.171. The zero-order valence-corrected chi connectivity index (χ0v) is 11.2. The van der Waals surface area contributed by atoms with E-state index in [1.807, 2.05) is 0 Å². The Morgan fingerprint density at radius 1 is 1.05 bits per heavy atom. The second-order valence-electron chi connectivity index (χ2n) is 4.73. The number of aliphatic carboxylic acids is 1. The van der Waals surface area contributed by atoms with Crippen molar-refractivity contribution in [2.45, 2.75) is 19.0 Å². The van der Waals surface area contributed by atoms with Gasteiger partial charge in [0.05, 0.1) is 11.5 Å². The van der Waals surface area contributed by atoms with Gasteiger partial charge in [-0.05, 0) is 35.7 Å². The smallest absolute Gasteiger partial charge is 0.416 e. The van der Waals surface area contributed by atoms with Gasteiger partial charge in [0.25, 0.3) is 0 Å². The van der Waals surface area contributed by atoms with Crippen LogP contribution in [0.5, 0.6) is 0 Å². The van der Waals surface area contributed by atoms with Gasteiger partial charge in [-0.25, -0.2) is 0 Å². The number of halogens is 3. The second kappa shape index (κ2) is 5.60. The Balaban J connectivity index is 2.60. The Labute approximate surface area is 119 Å². The lowest BCUT2D eigenvalue weighted by molar-refractivity contribution is -0.141. The van der Waals surface area contributed by atoms with E-state index < -0.39 is 23.6 Å². The van der Waals surface area contributed by atoms with Crippen LogP contribution in [-0.2, 0) is 11.0 Å². The monoisotopic (exact) mass is 294 g/mol. The van der Waals surface area contributed by atoms with E-state index in [4.69, 9.17) is 5.11 Å². The van der Waals surface area contributed by atoms with Crippen LogP contribution in [0.15, 0.2) is 48.5 Å². The fourth-order valence-electron chi connectivity index (χ4n) is 2.12. The normalized spacial score (nSPS) is 13.0. The summed E-state index contributed by atoms with van der Waals surface area (Å²) in [6.07, 6.45) is -4.58. The first kappa shape index (κ1) is 15.1. The number of rotatable bonds is 3. The summed E-state index contributed by atoms with van der Waals surface area (Å²) < 4.78 is 39.0. The first-order valence-electron chi connectivity index (χ1n) is 6.30. The van der Waals surface area contributed by atoms with Gasteiger partial charge in [0.2, 0.25) is 0 Å². The summed E-state index contributed by atoms with van der Waals surface area (Å²) in [7, 11) is 0. The Morgan fingerprint density at radius 3 is 2.19 bits per heavy atom. The molecule has 0 aliphatic heterocycles. The molecule has 0 aliphatic carbocycles. The SMILES string of the molecule is CC(C(=O)O)c1cc(-c2ccccc2)ccc1C(F)(F)F. The van der Waals surface area contributed by atoms with Crippen molar-refractivity contribution in [2.75, 3.05) is 0 Å². The minimum atomic E-state index is -4.58. The van der Waals surface area contributed by atoms with E-state index in [1.54, 1.807) is 30.3 Å². The van der Waals surface area contributed by atoms with E-state index in [2.05, 4.69) is 0 Å². The number of hydrogen-bond acceptors (Lipinski definition) is 1. The number of hydrogen-bond donors (Lipinski definition) is 1. The van der Waals surface area contributed by atoms with E-state index >= 15 is 0 Å². The molecule has 0 aliphatic rings. The van der Waals surface area contributed by atoms with E-state index in [0.29, 0.717) is 5.56 Å². The summed E-state index contributed by atoms with van der Waals surface area (Å²) in [4.78, 5) is 11.1. The Morgan fingerprint density at radius 2 is 1.67 bits per heavy atom. The average Bonchev–Trinajstić information content (AvgIpc) is 2.45. The van der Waals surface area contributed by atoms with Crippen LogP contribution >= 0.6 is 0 Å². The number of carbonyl (C=O) groups is 1. The molecule has 0 saturated carbocycles. The fourth-order valence-corrected chi connectivity index (χ4v) is 2.12. The number of alkyl halides is 3. The van der Waals surface area contributed by atoms with Gasteiger partial charge in [0, 0.05) is 0 Å². The Bertz CT molecular complexity index is 648. The molecular formula is C16H13F3O2. The third kappa shape index (κ3) is 3.24. The fraction of sp³-hybridized carbons (Fsp3) is 0.188. The molecule has 110 valence electrons. The molecule has 1 N–H and O–H groups in total. The van der Waals surface area contributed by atoms with Crippen molar-refractivity contribution in [3.05, 3.63) is 59.7 Å². The van der Waals surface area contributed by atoms with Gasteiger partial charge in [0.15, 0.2) is 0 Å². The molecule has 21 heavy (non-hydrogen) atoms. The predicted molar refractivity (Wildman–Crippen MR) is 72.9 cm³/mol. The standard InChI is InChI=1S/C16H13F3O2/c1-10(15(20)21)13-9-12(11-5-3-2-4-6-11)7-8-14(13)16(17,18)19/h2-10H,1H3,(H,20,21). The third-order valence-corrected chi connectivity index (χ3v) is 3.30. The van der Waals surface area contributed by atoms with Crippen LogP contribution in [0.25, 0.3) is 11.1 Å². The summed E-state index contributed by atoms with van der Waals surface area (Å²) in [6.45, 7) is 1.25. The topological polar surface area (TPSA) is 37.3 Å².